The number of hydrogen-bond acceptors (Lipinski definition) is 4. The van der Waals surface area contributed by atoms with Gasteiger partial charge >= 0.3 is 0 Å². The van der Waals surface area contributed by atoms with Crippen LogP contribution in [0.2, 0.25) is 0 Å². The van der Waals surface area contributed by atoms with Crippen LogP contribution in [0.5, 0.6) is 0 Å². The van der Waals surface area contributed by atoms with Gasteiger partial charge < -0.3 is 9.73 Å². The molecule has 3 amide bonds. The fourth-order valence-corrected chi connectivity index (χ4v) is 4.97. The summed E-state index contributed by atoms with van der Waals surface area (Å²) in [5.41, 5.74) is 0. The average molecular weight is 326 g/mol. The average Bonchev–Trinajstić information content (AvgIpc) is 3.19. The van der Waals surface area contributed by atoms with E-state index in [0.717, 1.165) is 6.42 Å². The molecule has 1 aromatic heterocycles. The quantitative estimate of drug-likeness (QED) is 0.660. The van der Waals surface area contributed by atoms with E-state index < -0.39 is 0 Å². The Morgan fingerprint density at radius 2 is 1.83 bits per heavy atom. The second-order valence-electron chi connectivity index (χ2n) is 7.27. The van der Waals surface area contributed by atoms with Gasteiger partial charge in [0.15, 0.2) is 0 Å². The lowest BCUT2D eigenvalue weighted by Gasteiger charge is -2.37. The Bertz CT molecular complexity index is 717. The second kappa shape index (κ2) is 4.82. The van der Waals surface area contributed by atoms with E-state index in [1.165, 1.54) is 11.2 Å². The molecule has 5 aliphatic rings. The van der Waals surface area contributed by atoms with E-state index in [2.05, 4.69) is 17.5 Å². The molecule has 6 nitrogen and oxygen atoms in total. The molecular weight excluding hydrogens is 308 g/mol. The number of allylic oxidation sites excluding steroid dienone is 2. The lowest BCUT2D eigenvalue weighted by molar-refractivity contribution is -0.143. The van der Waals surface area contributed by atoms with Gasteiger partial charge in [0.25, 0.3) is 0 Å². The molecular formula is C18H18N2O4. The number of hydrogen-bond donors (Lipinski definition) is 1. The third-order valence-electron chi connectivity index (χ3n) is 6.10. The van der Waals surface area contributed by atoms with Crippen molar-refractivity contribution in [3.63, 3.8) is 0 Å². The molecule has 1 aromatic rings. The minimum absolute atomic E-state index is 0.164. The summed E-state index contributed by atoms with van der Waals surface area (Å²) < 4.78 is 5.16. The Kier molecular flexibility index (Phi) is 2.81. The van der Waals surface area contributed by atoms with Gasteiger partial charge in [-0.05, 0) is 42.2 Å². The van der Waals surface area contributed by atoms with Crippen LogP contribution >= 0.6 is 0 Å². The molecule has 0 unspecified atom stereocenters. The highest BCUT2D eigenvalue weighted by Crippen LogP contribution is 2.65. The largest absolute Gasteiger partial charge is 0.467 e. The number of amides is 3. The van der Waals surface area contributed by atoms with Crippen molar-refractivity contribution in [2.24, 2.45) is 35.5 Å². The van der Waals surface area contributed by atoms with Crippen molar-refractivity contribution in [2.45, 2.75) is 13.0 Å². The van der Waals surface area contributed by atoms with Gasteiger partial charge in [0.2, 0.25) is 17.7 Å². The smallest absolute Gasteiger partial charge is 0.240 e. The van der Waals surface area contributed by atoms with Gasteiger partial charge in [-0.1, -0.05) is 12.2 Å². The van der Waals surface area contributed by atoms with Crippen LogP contribution in [0, 0.1) is 35.5 Å². The first-order valence-electron chi connectivity index (χ1n) is 8.48. The van der Waals surface area contributed by atoms with Crippen LogP contribution in [0.25, 0.3) is 0 Å². The van der Waals surface area contributed by atoms with E-state index in [0.29, 0.717) is 17.6 Å². The molecule has 6 heteroatoms. The maximum absolute atomic E-state index is 12.7. The summed E-state index contributed by atoms with van der Waals surface area (Å²) >= 11 is 0. The molecule has 6 rings (SSSR count). The summed E-state index contributed by atoms with van der Waals surface area (Å²) in [4.78, 5) is 38.8. The van der Waals surface area contributed by atoms with E-state index >= 15 is 0 Å². The highest BCUT2D eigenvalue weighted by atomic mass is 16.3. The van der Waals surface area contributed by atoms with E-state index in [4.69, 9.17) is 4.42 Å². The van der Waals surface area contributed by atoms with E-state index in [-0.39, 0.29) is 54.5 Å². The summed E-state index contributed by atoms with van der Waals surface area (Å²) in [5, 5.41) is 2.70. The molecule has 1 aliphatic heterocycles. The second-order valence-corrected chi connectivity index (χ2v) is 7.27. The van der Waals surface area contributed by atoms with Gasteiger partial charge in [0.05, 0.1) is 24.6 Å². The van der Waals surface area contributed by atoms with E-state index in [9.17, 15) is 14.4 Å². The predicted octanol–water partition coefficient (Wildman–Crippen LogP) is 0.949. The van der Waals surface area contributed by atoms with Crippen LogP contribution in [0.4, 0.5) is 0 Å². The van der Waals surface area contributed by atoms with Crippen molar-refractivity contribution in [1.29, 1.82) is 0 Å². The zero-order valence-corrected chi connectivity index (χ0v) is 13.1. The molecule has 1 N–H and O–H groups in total. The number of nitrogens with zero attached hydrogens (tertiary/aromatic N) is 1. The number of carbonyl (C=O) groups excluding carboxylic acids is 3. The maximum atomic E-state index is 12.7. The van der Waals surface area contributed by atoms with Crippen LogP contribution in [0.3, 0.4) is 0 Å². The van der Waals surface area contributed by atoms with Crippen molar-refractivity contribution in [3.8, 4) is 0 Å². The first-order valence-corrected chi connectivity index (χ1v) is 8.48. The number of imide groups is 1. The van der Waals surface area contributed by atoms with Crippen molar-refractivity contribution in [1.82, 2.24) is 10.2 Å². The van der Waals surface area contributed by atoms with Crippen molar-refractivity contribution >= 4 is 17.7 Å². The molecule has 24 heavy (non-hydrogen) atoms. The van der Waals surface area contributed by atoms with Gasteiger partial charge in [-0.15, -0.1) is 0 Å². The molecule has 0 spiro atoms. The lowest BCUT2D eigenvalue weighted by Crippen LogP contribution is -2.41. The maximum Gasteiger partial charge on any atom is 0.240 e. The standard InChI is InChI=1S/C18H18N2O4/c21-14(19-7-9-2-1-5-24-9)8-20-17(22)15-10-3-4-11(13-6-12(10)13)16(15)18(20)23/h1-5,10-13,15-16H,6-8H2,(H,19,21)/t10-,11-,12-,13-,15+,16+/m1/s1. The number of carbonyl (C=O) groups is 3. The SMILES string of the molecule is O=C(CN1C(=O)[C@H]2[C@@H]3C=C[C@H]([C@H]4C[C@H]34)[C@@H]2C1=O)NCc1ccco1. The van der Waals surface area contributed by atoms with Crippen LogP contribution in [0.15, 0.2) is 35.0 Å². The van der Waals surface area contributed by atoms with E-state index in [1.54, 1.807) is 12.1 Å². The van der Waals surface area contributed by atoms with Gasteiger partial charge in [0.1, 0.15) is 12.3 Å². The lowest BCUT2D eigenvalue weighted by atomic mass is 9.63. The van der Waals surface area contributed by atoms with Crippen LogP contribution in [-0.2, 0) is 20.9 Å². The topological polar surface area (TPSA) is 79.6 Å². The zero-order chi connectivity index (χ0) is 16.4. The van der Waals surface area contributed by atoms with Crippen molar-refractivity contribution < 1.29 is 18.8 Å². The molecule has 3 fully saturated rings. The fourth-order valence-electron chi connectivity index (χ4n) is 4.97. The molecule has 0 radical (unpaired) electrons. The van der Waals surface area contributed by atoms with Crippen LogP contribution < -0.4 is 5.32 Å². The third-order valence-corrected chi connectivity index (χ3v) is 6.10. The molecule has 6 atom stereocenters. The molecule has 0 aromatic carbocycles. The molecule has 1 saturated heterocycles. The summed E-state index contributed by atoms with van der Waals surface area (Å²) in [6, 6.07) is 3.50. The third kappa shape index (κ3) is 1.85. The minimum Gasteiger partial charge on any atom is -0.467 e. The number of likely N-dealkylation sites (tertiary alicyclic amines) is 1. The highest BCUT2D eigenvalue weighted by Gasteiger charge is 2.67. The molecule has 2 saturated carbocycles. The number of rotatable bonds is 4. The van der Waals surface area contributed by atoms with Crippen LogP contribution in [0.1, 0.15) is 12.2 Å². The Hall–Kier alpha value is -2.37. The first kappa shape index (κ1) is 14.0. The normalized spacial score (nSPS) is 38.2. The summed E-state index contributed by atoms with van der Waals surface area (Å²) in [7, 11) is 0. The molecule has 124 valence electrons. The van der Waals surface area contributed by atoms with E-state index in [1.807, 2.05) is 0 Å². The van der Waals surface area contributed by atoms with Crippen molar-refractivity contribution in [3.05, 3.63) is 36.3 Å². The predicted molar refractivity (Wildman–Crippen MR) is 82.0 cm³/mol. The fraction of sp³-hybridized carbons (Fsp3) is 0.500. The molecule has 2 bridgehead atoms. The number of furan rings is 1. The minimum atomic E-state index is -0.336. The molecule has 4 aliphatic carbocycles. The Morgan fingerprint density at radius 3 is 2.42 bits per heavy atom. The summed E-state index contributed by atoms with van der Waals surface area (Å²) in [6.45, 7) is 0.0615. The first-order chi connectivity index (χ1) is 11.6. The van der Waals surface area contributed by atoms with Crippen molar-refractivity contribution in [2.75, 3.05) is 6.54 Å². The van der Waals surface area contributed by atoms with Crippen LogP contribution in [-0.4, -0.2) is 29.2 Å². The number of nitrogens with one attached hydrogen (secondary N) is 1. The highest BCUT2D eigenvalue weighted by molar-refractivity contribution is 6.08. The zero-order valence-electron chi connectivity index (χ0n) is 13.1. The Labute approximate surface area is 138 Å². The Balaban J connectivity index is 1.29. The summed E-state index contributed by atoms with van der Waals surface area (Å²) in [5.74, 6) is 1.02. The molecule has 2 heterocycles. The van der Waals surface area contributed by atoms with Gasteiger partial charge in [0, 0.05) is 0 Å². The monoisotopic (exact) mass is 326 g/mol. The summed E-state index contributed by atoms with van der Waals surface area (Å²) in [6.07, 6.45) is 6.94. The Morgan fingerprint density at radius 1 is 1.17 bits per heavy atom. The van der Waals surface area contributed by atoms with Gasteiger partial charge in [-0.3, -0.25) is 19.3 Å². The van der Waals surface area contributed by atoms with Gasteiger partial charge in [-0.25, -0.2) is 0 Å². The van der Waals surface area contributed by atoms with Gasteiger partial charge in [-0.2, -0.15) is 0 Å².